The van der Waals surface area contributed by atoms with Gasteiger partial charge in [-0.2, -0.15) is 4.57 Å². The lowest BCUT2D eigenvalue weighted by Crippen LogP contribution is -2.40. The summed E-state index contributed by atoms with van der Waals surface area (Å²) in [6.45, 7) is 0. The van der Waals surface area contributed by atoms with Gasteiger partial charge in [0, 0.05) is 17.0 Å². The molecule has 1 aromatic heterocycles. The number of pyridine rings is 1. The molecule has 2 aliphatic heterocycles. The summed E-state index contributed by atoms with van der Waals surface area (Å²) in [5, 5.41) is 8.65. The first kappa shape index (κ1) is 7.61. The van der Waals surface area contributed by atoms with E-state index in [2.05, 4.69) is 0 Å². The summed E-state index contributed by atoms with van der Waals surface area (Å²) in [5.74, 6) is -0.748. The Morgan fingerprint density at radius 2 is 2.25 bits per heavy atom. The maximum Gasteiger partial charge on any atom is 0.311 e. The van der Waals surface area contributed by atoms with E-state index in [0.29, 0.717) is 0 Å². The van der Waals surface area contributed by atoms with Crippen molar-refractivity contribution in [3.63, 3.8) is 0 Å². The van der Waals surface area contributed by atoms with Gasteiger partial charge < -0.3 is 5.11 Å². The van der Waals surface area contributed by atoms with Gasteiger partial charge in [-0.05, 0) is 0 Å². The van der Waals surface area contributed by atoms with Crippen LogP contribution in [0.15, 0.2) is 29.4 Å². The van der Waals surface area contributed by atoms with Crippen molar-refractivity contribution < 1.29 is 14.5 Å². The van der Waals surface area contributed by atoms with Crippen LogP contribution in [0, 0.1) is 0 Å². The van der Waals surface area contributed by atoms with Crippen molar-refractivity contribution in [2.75, 3.05) is 0 Å². The van der Waals surface area contributed by atoms with Crippen LogP contribution in [0.5, 0.6) is 0 Å². The molecule has 0 spiro atoms. The molecule has 1 N–H and O–H groups in total. The third kappa shape index (κ3) is 1.30. The van der Waals surface area contributed by atoms with Gasteiger partial charge in [-0.25, -0.2) is 0 Å². The number of thioether (sulfide) groups is 1. The third-order valence-electron chi connectivity index (χ3n) is 1.78. The lowest BCUT2D eigenvalue weighted by Gasteiger charge is -2.14. The smallest absolute Gasteiger partial charge is 0.311 e. The molecule has 0 amide bonds. The van der Waals surface area contributed by atoms with Crippen LogP contribution in [0.3, 0.4) is 0 Å². The second-order valence-corrected chi connectivity index (χ2v) is 3.90. The van der Waals surface area contributed by atoms with Gasteiger partial charge in [0.05, 0.1) is 0 Å². The number of aromatic nitrogens is 1. The van der Waals surface area contributed by atoms with Gasteiger partial charge in [0.1, 0.15) is 6.42 Å². The number of carboxylic acid groups (broad SMARTS) is 1. The first-order valence-electron chi connectivity index (χ1n) is 3.65. The predicted molar refractivity (Wildman–Crippen MR) is 43.8 cm³/mol. The molecule has 3 nitrogen and oxygen atoms in total. The quantitative estimate of drug-likeness (QED) is 0.695. The summed E-state index contributed by atoms with van der Waals surface area (Å²) >= 11 is 1.60. The lowest BCUT2D eigenvalue weighted by atomic mass is 10.4. The molecule has 3 rings (SSSR count). The van der Waals surface area contributed by atoms with Crippen molar-refractivity contribution >= 4 is 17.7 Å². The molecule has 4 heteroatoms. The Morgan fingerprint density at radius 3 is 2.67 bits per heavy atom. The van der Waals surface area contributed by atoms with E-state index in [1.165, 1.54) is 0 Å². The van der Waals surface area contributed by atoms with Crippen molar-refractivity contribution in [2.24, 2.45) is 0 Å². The van der Waals surface area contributed by atoms with Crippen LogP contribution in [-0.2, 0) is 4.79 Å². The van der Waals surface area contributed by atoms with E-state index < -0.39 is 5.97 Å². The van der Waals surface area contributed by atoms with Crippen molar-refractivity contribution in [2.45, 2.75) is 16.7 Å². The summed E-state index contributed by atoms with van der Waals surface area (Å²) in [7, 11) is 0. The third-order valence-corrected chi connectivity index (χ3v) is 3.00. The first-order chi connectivity index (χ1) is 5.75. The first-order valence-corrected chi connectivity index (χ1v) is 4.53. The molecule has 0 radical (unpaired) electrons. The van der Waals surface area contributed by atoms with Crippen LogP contribution >= 0.6 is 11.8 Å². The fraction of sp³-hybridized carbons (Fsp3) is 0.250. The second-order valence-electron chi connectivity index (χ2n) is 2.65. The van der Waals surface area contributed by atoms with E-state index in [1.807, 2.05) is 29.1 Å². The highest BCUT2D eigenvalue weighted by atomic mass is 32.2. The fourth-order valence-electron chi connectivity index (χ4n) is 1.21. The van der Waals surface area contributed by atoms with E-state index in [0.717, 1.165) is 4.90 Å². The van der Waals surface area contributed by atoms with Crippen LogP contribution in [0.1, 0.15) is 11.8 Å². The van der Waals surface area contributed by atoms with Gasteiger partial charge >= 0.3 is 5.97 Å². The van der Waals surface area contributed by atoms with Crippen LogP contribution in [0.2, 0.25) is 0 Å². The molecular weight excluding hydrogens is 174 g/mol. The molecule has 0 saturated heterocycles. The van der Waals surface area contributed by atoms with E-state index in [-0.39, 0.29) is 11.8 Å². The molecule has 1 atom stereocenters. The summed E-state index contributed by atoms with van der Waals surface area (Å²) in [6.07, 6.45) is 4.02. The summed E-state index contributed by atoms with van der Waals surface area (Å²) < 4.78 is 1.92. The molecule has 2 bridgehead atoms. The normalized spacial score (nSPS) is 19.5. The van der Waals surface area contributed by atoms with Gasteiger partial charge in [-0.1, -0.05) is 11.8 Å². The zero-order valence-electron chi connectivity index (χ0n) is 6.30. The largest absolute Gasteiger partial charge is 0.481 e. The minimum absolute atomic E-state index is 0.0486. The molecule has 62 valence electrons. The number of hydrogen-bond donors (Lipinski definition) is 1. The van der Waals surface area contributed by atoms with Crippen molar-refractivity contribution in [1.82, 2.24) is 0 Å². The van der Waals surface area contributed by atoms with Gasteiger partial charge in [-0.3, -0.25) is 4.79 Å². The van der Waals surface area contributed by atoms with E-state index in [9.17, 15) is 4.79 Å². The summed E-state index contributed by atoms with van der Waals surface area (Å²) in [5.41, 5.74) is 0. The average molecular weight is 182 g/mol. The number of rotatable bonds is 2. The summed E-state index contributed by atoms with van der Waals surface area (Å²) in [4.78, 5) is 11.6. The number of carbonyl (C=O) groups is 1. The molecule has 12 heavy (non-hydrogen) atoms. The SMILES string of the molecule is O=C(O)CC1Sc2cc[n+]1cc2. The van der Waals surface area contributed by atoms with E-state index >= 15 is 0 Å². The second kappa shape index (κ2) is 2.79. The number of hydrogen-bond acceptors (Lipinski definition) is 2. The Bertz CT molecular complexity index is 309. The van der Waals surface area contributed by atoms with Crippen molar-refractivity contribution in [3.05, 3.63) is 24.5 Å². The zero-order chi connectivity index (χ0) is 8.55. The highest BCUT2D eigenvalue weighted by molar-refractivity contribution is 7.99. The van der Waals surface area contributed by atoms with Gasteiger partial charge in [-0.15, -0.1) is 0 Å². The van der Waals surface area contributed by atoms with Crippen LogP contribution in [-0.4, -0.2) is 11.1 Å². The molecule has 3 heterocycles. The molecule has 1 unspecified atom stereocenters. The van der Waals surface area contributed by atoms with Crippen LogP contribution in [0.4, 0.5) is 0 Å². The molecule has 1 aromatic rings. The Morgan fingerprint density at radius 1 is 1.58 bits per heavy atom. The number of nitrogens with zero attached hydrogens (tertiary/aromatic N) is 1. The van der Waals surface area contributed by atoms with E-state index in [1.54, 1.807) is 11.8 Å². The Hall–Kier alpha value is -1.03. The molecular formula is C8H8NO2S+. The highest BCUT2D eigenvalue weighted by Gasteiger charge is 2.27. The lowest BCUT2D eigenvalue weighted by molar-refractivity contribution is -0.701. The van der Waals surface area contributed by atoms with Crippen molar-refractivity contribution in [3.8, 4) is 0 Å². The summed E-state index contributed by atoms with van der Waals surface area (Å²) in [6, 6.07) is 3.98. The number of aliphatic carboxylic acids is 1. The van der Waals surface area contributed by atoms with Gasteiger partial charge in [0.25, 0.3) is 0 Å². The topological polar surface area (TPSA) is 41.2 Å². The van der Waals surface area contributed by atoms with Gasteiger partial charge in [0.2, 0.25) is 5.37 Å². The molecule has 0 fully saturated rings. The molecule has 0 aliphatic carbocycles. The van der Waals surface area contributed by atoms with Crippen molar-refractivity contribution in [1.29, 1.82) is 0 Å². The monoisotopic (exact) mass is 182 g/mol. The Balaban J connectivity index is 2.21. The molecule has 2 aliphatic rings. The Kier molecular flexibility index (Phi) is 1.77. The van der Waals surface area contributed by atoms with E-state index in [4.69, 9.17) is 5.11 Å². The number of carboxylic acids is 1. The zero-order valence-corrected chi connectivity index (χ0v) is 7.12. The van der Waals surface area contributed by atoms with Crippen LogP contribution in [0.25, 0.3) is 0 Å². The fourth-order valence-corrected chi connectivity index (χ4v) is 2.29. The minimum atomic E-state index is -0.748. The number of fused-ring (bicyclic) bond motifs is 3. The standard InChI is InChI=1S/C8H7NO2S/c10-8(11)5-7-9-3-1-6(12-7)2-4-9/h1-4,7H,5H2/p+1. The minimum Gasteiger partial charge on any atom is -0.481 e. The molecule has 0 aromatic carbocycles. The molecule has 0 saturated carbocycles. The Labute approximate surface area is 74.0 Å². The van der Waals surface area contributed by atoms with Crippen LogP contribution < -0.4 is 4.57 Å². The maximum atomic E-state index is 10.4. The average Bonchev–Trinajstić information content (AvgIpc) is 2.05. The maximum absolute atomic E-state index is 10.4. The van der Waals surface area contributed by atoms with Gasteiger partial charge in [0.15, 0.2) is 12.4 Å². The highest BCUT2D eigenvalue weighted by Crippen LogP contribution is 2.32. The predicted octanol–water partition coefficient (Wildman–Crippen LogP) is 1.05.